The van der Waals surface area contributed by atoms with Crippen molar-refractivity contribution in [2.45, 2.75) is 17.3 Å². The van der Waals surface area contributed by atoms with E-state index in [1.165, 1.54) is 11.8 Å². The van der Waals surface area contributed by atoms with Crippen LogP contribution < -0.4 is 5.32 Å². The number of nitrogens with zero attached hydrogens (tertiary/aromatic N) is 3. The van der Waals surface area contributed by atoms with Crippen LogP contribution in [0.5, 0.6) is 0 Å². The standard InChI is InChI=1S/C17H16N4OS/c1-13(16(22)19-14-8-4-2-5-9-14)23-17-18-12-21(20-17)15-10-6-3-7-11-15/h2-13H,1H3,(H,19,22). The number of hydrogen-bond donors (Lipinski definition) is 1. The van der Waals surface area contributed by atoms with Crippen molar-refractivity contribution in [1.29, 1.82) is 0 Å². The molecule has 0 saturated heterocycles. The summed E-state index contributed by atoms with van der Waals surface area (Å²) < 4.78 is 1.70. The Labute approximate surface area is 138 Å². The first-order valence-corrected chi connectivity index (χ1v) is 8.10. The van der Waals surface area contributed by atoms with Gasteiger partial charge in [-0.3, -0.25) is 4.79 Å². The van der Waals surface area contributed by atoms with E-state index < -0.39 is 0 Å². The van der Waals surface area contributed by atoms with Crippen LogP contribution >= 0.6 is 11.8 Å². The minimum absolute atomic E-state index is 0.0720. The molecule has 0 aliphatic heterocycles. The monoisotopic (exact) mass is 324 g/mol. The Balaban J connectivity index is 1.63. The first kappa shape index (κ1) is 15.3. The van der Waals surface area contributed by atoms with Crippen LogP contribution in [0.15, 0.2) is 72.1 Å². The molecule has 5 nitrogen and oxygen atoms in total. The third-order valence-electron chi connectivity index (χ3n) is 3.18. The lowest BCUT2D eigenvalue weighted by Gasteiger charge is -2.09. The van der Waals surface area contributed by atoms with Crippen LogP contribution in [0.1, 0.15) is 6.92 Å². The van der Waals surface area contributed by atoms with Crippen molar-refractivity contribution in [3.63, 3.8) is 0 Å². The van der Waals surface area contributed by atoms with Gasteiger partial charge in [0.1, 0.15) is 6.33 Å². The predicted octanol–water partition coefficient (Wildman–Crippen LogP) is 3.39. The third-order valence-corrected chi connectivity index (χ3v) is 4.15. The van der Waals surface area contributed by atoms with Crippen LogP contribution in [0.2, 0.25) is 0 Å². The van der Waals surface area contributed by atoms with E-state index in [1.807, 2.05) is 67.6 Å². The molecule has 116 valence electrons. The molecule has 0 aliphatic rings. The van der Waals surface area contributed by atoms with Gasteiger partial charge in [0.25, 0.3) is 0 Å². The number of nitrogens with one attached hydrogen (secondary N) is 1. The molecule has 0 saturated carbocycles. The molecule has 0 radical (unpaired) electrons. The number of benzene rings is 2. The predicted molar refractivity (Wildman–Crippen MR) is 91.7 cm³/mol. The molecule has 6 heteroatoms. The van der Waals surface area contributed by atoms with Crippen LogP contribution in [0.4, 0.5) is 5.69 Å². The summed E-state index contributed by atoms with van der Waals surface area (Å²) in [6.45, 7) is 1.84. The van der Waals surface area contributed by atoms with Gasteiger partial charge in [-0.05, 0) is 31.2 Å². The SMILES string of the molecule is CC(Sc1ncn(-c2ccccc2)n1)C(=O)Nc1ccccc1. The van der Waals surface area contributed by atoms with Crippen molar-refractivity contribution in [2.75, 3.05) is 5.32 Å². The number of amides is 1. The van der Waals surface area contributed by atoms with Gasteiger partial charge >= 0.3 is 0 Å². The molecule has 0 aliphatic carbocycles. The average molecular weight is 324 g/mol. The third kappa shape index (κ3) is 3.98. The van der Waals surface area contributed by atoms with E-state index in [-0.39, 0.29) is 11.2 Å². The molecule has 0 spiro atoms. The lowest BCUT2D eigenvalue weighted by molar-refractivity contribution is -0.115. The number of rotatable bonds is 5. The minimum atomic E-state index is -0.290. The van der Waals surface area contributed by atoms with Crippen molar-refractivity contribution in [3.8, 4) is 5.69 Å². The fraction of sp³-hybridized carbons (Fsp3) is 0.118. The van der Waals surface area contributed by atoms with E-state index >= 15 is 0 Å². The van der Waals surface area contributed by atoms with Gasteiger partial charge in [0.2, 0.25) is 11.1 Å². The Bertz CT molecular complexity index is 774. The molecule has 1 amide bonds. The first-order chi connectivity index (χ1) is 11.2. The highest BCUT2D eigenvalue weighted by molar-refractivity contribution is 8.00. The summed E-state index contributed by atoms with van der Waals surface area (Å²) in [7, 11) is 0. The van der Waals surface area contributed by atoms with Crippen LogP contribution in [-0.2, 0) is 4.79 Å². The highest BCUT2D eigenvalue weighted by Gasteiger charge is 2.17. The number of carbonyl (C=O) groups is 1. The lowest BCUT2D eigenvalue weighted by Crippen LogP contribution is -2.22. The Hall–Kier alpha value is -2.60. The van der Waals surface area contributed by atoms with Crippen molar-refractivity contribution in [2.24, 2.45) is 0 Å². The molecule has 1 heterocycles. The molecule has 0 bridgehead atoms. The summed E-state index contributed by atoms with van der Waals surface area (Å²) >= 11 is 1.33. The first-order valence-electron chi connectivity index (χ1n) is 7.22. The second kappa shape index (κ2) is 7.11. The van der Waals surface area contributed by atoms with Gasteiger partial charge in [0.05, 0.1) is 10.9 Å². The molecule has 1 N–H and O–H groups in total. The van der Waals surface area contributed by atoms with E-state index in [0.29, 0.717) is 5.16 Å². The minimum Gasteiger partial charge on any atom is -0.325 e. The second-order valence-corrected chi connectivity index (χ2v) is 6.23. The van der Waals surface area contributed by atoms with Crippen LogP contribution in [-0.4, -0.2) is 25.9 Å². The fourth-order valence-corrected chi connectivity index (χ4v) is 2.71. The van der Waals surface area contributed by atoms with Gasteiger partial charge in [0.15, 0.2) is 0 Å². The zero-order chi connectivity index (χ0) is 16.1. The molecule has 1 unspecified atom stereocenters. The number of para-hydroxylation sites is 2. The maximum atomic E-state index is 12.2. The summed E-state index contributed by atoms with van der Waals surface area (Å²) in [5.41, 5.74) is 1.72. The Kier molecular flexibility index (Phi) is 4.73. The number of hydrogen-bond acceptors (Lipinski definition) is 4. The Morgan fingerprint density at radius 2 is 1.74 bits per heavy atom. The van der Waals surface area contributed by atoms with E-state index in [2.05, 4.69) is 15.4 Å². The smallest absolute Gasteiger partial charge is 0.237 e. The molecule has 2 aromatic carbocycles. The normalized spacial score (nSPS) is 11.9. The van der Waals surface area contributed by atoms with Crippen molar-refractivity contribution in [3.05, 3.63) is 67.0 Å². The number of carbonyl (C=O) groups excluding carboxylic acids is 1. The fourth-order valence-electron chi connectivity index (χ4n) is 1.98. The van der Waals surface area contributed by atoms with Gasteiger partial charge in [-0.1, -0.05) is 48.2 Å². The zero-order valence-corrected chi connectivity index (χ0v) is 13.4. The number of thioether (sulfide) groups is 1. The topological polar surface area (TPSA) is 59.8 Å². The molecular formula is C17H16N4OS. The second-order valence-electron chi connectivity index (χ2n) is 4.92. The van der Waals surface area contributed by atoms with E-state index in [1.54, 1.807) is 11.0 Å². The number of aromatic nitrogens is 3. The molecule has 1 atom stereocenters. The molecule has 3 aromatic rings. The lowest BCUT2D eigenvalue weighted by atomic mass is 10.3. The van der Waals surface area contributed by atoms with Gasteiger partial charge < -0.3 is 5.32 Å². The highest BCUT2D eigenvalue weighted by Crippen LogP contribution is 2.21. The summed E-state index contributed by atoms with van der Waals surface area (Å²) in [5, 5.41) is 7.56. The summed E-state index contributed by atoms with van der Waals surface area (Å²) in [4.78, 5) is 16.5. The maximum absolute atomic E-state index is 12.2. The Morgan fingerprint density at radius 3 is 2.43 bits per heavy atom. The molecular weight excluding hydrogens is 308 g/mol. The van der Waals surface area contributed by atoms with Crippen LogP contribution in [0, 0.1) is 0 Å². The summed E-state index contributed by atoms with van der Waals surface area (Å²) in [5.74, 6) is -0.0720. The summed E-state index contributed by atoms with van der Waals surface area (Å²) in [6.07, 6.45) is 1.65. The van der Waals surface area contributed by atoms with E-state index in [9.17, 15) is 4.79 Å². The van der Waals surface area contributed by atoms with Gasteiger partial charge in [-0.25, -0.2) is 9.67 Å². The quantitative estimate of drug-likeness (QED) is 0.731. The van der Waals surface area contributed by atoms with Gasteiger partial charge in [0, 0.05) is 5.69 Å². The molecule has 23 heavy (non-hydrogen) atoms. The van der Waals surface area contributed by atoms with E-state index in [0.717, 1.165) is 11.4 Å². The molecule has 0 fully saturated rings. The van der Waals surface area contributed by atoms with Gasteiger partial charge in [-0.2, -0.15) is 0 Å². The van der Waals surface area contributed by atoms with Crippen molar-refractivity contribution < 1.29 is 4.79 Å². The maximum Gasteiger partial charge on any atom is 0.237 e. The van der Waals surface area contributed by atoms with Crippen LogP contribution in [0.25, 0.3) is 5.69 Å². The van der Waals surface area contributed by atoms with Crippen LogP contribution in [0.3, 0.4) is 0 Å². The molecule has 3 rings (SSSR count). The van der Waals surface area contributed by atoms with Crippen molar-refractivity contribution in [1.82, 2.24) is 14.8 Å². The largest absolute Gasteiger partial charge is 0.325 e. The average Bonchev–Trinajstić information content (AvgIpc) is 3.05. The number of anilines is 1. The summed E-state index contributed by atoms with van der Waals surface area (Å²) in [6, 6.07) is 19.1. The molecule has 1 aromatic heterocycles. The van der Waals surface area contributed by atoms with Crippen molar-refractivity contribution >= 4 is 23.4 Å². The Morgan fingerprint density at radius 1 is 1.09 bits per heavy atom. The zero-order valence-electron chi connectivity index (χ0n) is 12.6. The van der Waals surface area contributed by atoms with E-state index in [4.69, 9.17) is 0 Å². The van der Waals surface area contributed by atoms with Gasteiger partial charge in [-0.15, -0.1) is 5.10 Å². The highest BCUT2D eigenvalue weighted by atomic mass is 32.2.